The molecule has 1 N–H and O–H groups in total. The van der Waals surface area contributed by atoms with E-state index in [1.807, 2.05) is 26.0 Å². The highest BCUT2D eigenvalue weighted by Gasteiger charge is 2.36. The molecule has 1 aliphatic rings. The van der Waals surface area contributed by atoms with Gasteiger partial charge in [0.1, 0.15) is 0 Å². The largest absolute Gasteiger partial charge is 0.283 e. The predicted octanol–water partition coefficient (Wildman–Crippen LogP) is 2.97. The van der Waals surface area contributed by atoms with Gasteiger partial charge in [-0.05, 0) is 49.9 Å². The van der Waals surface area contributed by atoms with Crippen LogP contribution in [0.15, 0.2) is 16.6 Å². The number of anilines is 1. The van der Waals surface area contributed by atoms with Gasteiger partial charge in [-0.1, -0.05) is 15.9 Å². The fourth-order valence-corrected chi connectivity index (χ4v) is 3.89. The molecule has 5 heteroatoms. The third-order valence-electron chi connectivity index (χ3n) is 2.70. The first-order chi connectivity index (χ1) is 7.40. The van der Waals surface area contributed by atoms with Gasteiger partial charge in [-0.2, -0.15) is 0 Å². The molecular weight excluding hydrogens is 290 g/mol. The van der Waals surface area contributed by atoms with Crippen LogP contribution >= 0.6 is 15.9 Å². The first-order valence-electron chi connectivity index (χ1n) is 5.18. The van der Waals surface area contributed by atoms with Crippen LogP contribution in [-0.2, 0) is 10.0 Å². The SMILES string of the molecule is Cc1cc(Br)cc(C)c1NS(=O)(=O)C1CC1. The van der Waals surface area contributed by atoms with Crippen LogP contribution in [0.4, 0.5) is 5.69 Å². The second-order valence-electron chi connectivity index (χ2n) is 4.26. The summed E-state index contributed by atoms with van der Waals surface area (Å²) in [4.78, 5) is 0. The number of hydrogen-bond donors (Lipinski definition) is 1. The lowest BCUT2D eigenvalue weighted by molar-refractivity contribution is 0.600. The lowest BCUT2D eigenvalue weighted by atomic mass is 10.1. The summed E-state index contributed by atoms with van der Waals surface area (Å²) in [6, 6.07) is 3.83. The Morgan fingerprint density at radius 3 is 2.19 bits per heavy atom. The molecule has 0 aliphatic heterocycles. The van der Waals surface area contributed by atoms with E-state index in [4.69, 9.17) is 0 Å². The molecule has 0 bridgehead atoms. The Hall–Kier alpha value is -0.550. The third kappa shape index (κ3) is 2.40. The first-order valence-corrected chi connectivity index (χ1v) is 7.52. The minimum absolute atomic E-state index is 0.185. The van der Waals surface area contributed by atoms with Gasteiger partial charge in [0.2, 0.25) is 10.0 Å². The molecule has 16 heavy (non-hydrogen) atoms. The van der Waals surface area contributed by atoms with E-state index in [1.54, 1.807) is 0 Å². The van der Waals surface area contributed by atoms with Crippen LogP contribution in [0.25, 0.3) is 0 Å². The average Bonchev–Trinajstić information content (AvgIpc) is 2.94. The van der Waals surface area contributed by atoms with Gasteiger partial charge in [-0.3, -0.25) is 4.72 Å². The van der Waals surface area contributed by atoms with Crippen molar-refractivity contribution in [3.8, 4) is 0 Å². The Kier molecular flexibility index (Phi) is 3.01. The van der Waals surface area contributed by atoms with Gasteiger partial charge in [0.25, 0.3) is 0 Å². The summed E-state index contributed by atoms with van der Waals surface area (Å²) in [5, 5.41) is -0.185. The van der Waals surface area contributed by atoms with Crippen molar-refractivity contribution in [1.29, 1.82) is 0 Å². The molecule has 3 nitrogen and oxygen atoms in total. The fraction of sp³-hybridized carbons (Fsp3) is 0.455. The van der Waals surface area contributed by atoms with Crippen LogP contribution in [0.1, 0.15) is 24.0 Å². The Labute approximate surface area is 104 Å². The summed E-state index contributed by atoms with van der Waals surface area (Å²) in [7, 11) is -3.16. The van der Waals surface area contributed by atoms with Crippen LogP contribution < -0.4 is 4.72 Å². The molecule has 88 valence electrons. The van der Waals surface area contributed by atoms with Crippen LogP contribution in [-0.4, -0.2) is 13.7 Å². The molecule has 1 fully saturated rings. The summed E-state index contributed by atoms with van der Waals surface area (Å²) >= 11 is 3.39. The Bertz CT molecular complexity index is 498. The van der Waals surface area contributed by atoms with Gasteiger partial charge < -0.3 is 0 Å². The van der Waals surface area contributed by atoms with Crippen LogP contribution in [0.5, 0.6) is 0 Å². The molecule has 0 aromatic heterocycles. The van der Waals surface area contributed by atoms with Crippen molar-refractivity contribution in [2.45, 2.75) is 31.9 Å². The monoisotopic (exact) mass is 303 g/mol. The van der Waals surface area contributed by atoms with E-state index >= 15 is 0 Å². The van der Waals surface area contributed by atoms with Gasteiger partial charge in [-0.25, -0.2) is 8.42 Å². The standard InChI is InChI=1S/C11H14BrNO2S/c1-7-5-9(12)6-8(2)11(7)13-16(14,15)10-3-4-10/h5-6,10,13H,3-4H2,1-2H3. The van der Waals surface area contributed by atoms with Crippen LogP contribution in [0.3, 0.4) is 0 Å². The lowest BCUT2D eigenvalue weighted by Gasteiger charge is -2.13. The van der Waals surface area contributed by atoms with Gasteiger partial charge >= 0.3 is 0 Å². The van der Waals surface area contributed by atoms with Crippen molar-refractivity contribution in [2.24, 2.45) is 0 Å². The molecule has 0 atom stereocenters. The summed E-state index contributed by atoms with van der Waals surface area (Å²) in [5.41, 5.74) is 2.60. The van der Waals surface area contributed by atoms with E-state index < -0.39 is 10.0 Å². The highest BCUT2D eigenvalue weighted by Crippen LogP contribution is 2.32. The maximum Gasteiger partial charge on any atom is 0.235 e. The van der Waals surface area contributed by atoms with Gasteiger partial charge in [0.05, 0.1) is 10.9 Å². The number of rotatable bonds is 3. The van der Waals surface area contributed by atoms with Crippen molar-refractivity contribution in [3.05, 3.63) is 27.7 Å². The number of aryl methyl sites for hydroxylation is 2. The second-order valence-corrected chi connectivity index (χ2v) is 7.14. The summed E-state index contributed by atoms with van der Waals surface area (Å²) in [6.07, 6.45) is 1.56. The van der Waals surface area contributed by atoms with Crippen LogP contribution in [0.2, 0.25) is 0 Å². The van der Waals surface area contributed by atoms with E-state index in [-0.39, 0.29) is 5.25 Å². The molecule has 1 aliphatic carbocycles. The van der Waals surface area contributed by atoms with Crippen molar-refractivity contribution < 1.29 is 8.42 Å². The minimum atomic E-state index is -3.16. The van der Waals surface area contributed by atoms with E-state index in [0.29, 0.717) is 0 Å². The molecule has 0 spiro atoms. The van der Waals surface area contributed by atoms with Crippen molar-refractivity contribution in [3.63, 3.8) is 0 Å². The molecular formula is C11H14BrNO2S. The Morgan fingerprint density at radius 2 is 1.75 bits per heavy atom. The van der Waals surface area contributed by atoms with E-state index in [9.17, 15) is 8.42 Å². The molecule has 0 unspecified atom stereocenters. The Balaban J connectivity index is 2.34. The predicted molar refractivity (Wildman–Crippen MR) is 69.2 cm³/mol. The van der Waals surface area contributed by atoms with Crippen molar-refractivity contribution in [1.82, 2.24) is 0 Å². The van der Waals surface area contributed by atoms with E-state index in [2.05, 4.69) is 20.7 Å². The van der Waals surface area contributed by atoms with Crippen LogP contribution in [0, 0.1) is 13.8 Å². The zero-order valence-corrected chi connectivity index (χ0v) is 11.7. The van der Waals surface area contributed by atoms with Gasteiger partial charge in [0, 0.05) is 4.47 Å². The molecule has 0 radical (unpaired) electrons. The average molecular weight is 304 g/mol. The van der Waals surface area contributed by atoms with Gasteiger partial charge in [0.15, 0.2) is 0 Å². The number of benzene rings is 1. The molecule has 1 aromatic carbocycles. The highest BCUT2D eigenvalue weighted by molar-refractivity contribution is 9.10. The molecule has 0 amide bonds. The first kappa shape index (κ1) is 11.9. The quantitative estimate of drug-likeness (QED) is 0.933. The maximum atomic E-state index is 11.8. The summed E-state index contributed by atoms with van der Waals surface area (Å²) in [6.45, 7) is 3.81. The summed E-state index contributed by atoms with van der Waals surface area (Å²) < 4.78 is 27.3. The zero-order valence-electron chi connectivity index (χ0n) is 9.25. The van der Waals surface area contributed by atoms with Gasteiger partial charge in [-0.15, -0.1) is 0 Å². The lowest BCUT2D eigenvalue weighted by Crippen LogP contribution is -2.18. The number of hydrogen-bond acceptors (Lipinski definition) is 2. The highest BCUT2D eigenvalue weighted by atomic mass is 79.9. The maximum absolute atomic E-state index is 11.8. The topological polar surface area (TPSA) is 46.2 Å². The van der Waals surface area contributed by atoms with Crippen molar-refractivity contribution >= 4 is 31.6 Å². The zero-order chi connectivity index (χ0) is 11.9. The molecule has 1 saturated carbocycles. The number of nitrogens with one attached hydrogen (secondary N) is 1. The van der Waals surface area contributed by atoms with E-state index in [1.165, 1.54) is 0 Å². The third-order valence-corrected chi connectivity index (χ3v) is 5.00. The molecule has 1 aromatic rings. The Morgan fingerprint density at radius 1 is 1.25 bits per heavy atom. The number of sulfonamides is 1. The van der Waals surface area contributed by atoms with Crippen molar-refractivity contribution in [2.75, 3.05) is 4.72 Å². The summed E-state index contributed by atoms with van der Waals surface area (Å²) in [5.74, 6) is 0. The normalized spacial score (nSPS) is 16.2. The minimum Gasteiger partial charge on any atom is -0.283 e. The second kappa shape index (κ2) is 4.04. The number of halogens is 1. The fourth-order valence-electron chi connectivity index (χ4n) is 1.68. The molecule has 0 heterocycles. The smallest absolute Gasteiger partial charge is 0.235 e. The van der Waals surface area contributed by atoms with E-state index in [0.717, 1.165) is 34.1 Å². The molecule has 0 saturated heterocycles. The molecule has 2 rings (SSSR count).